The maximum absolute atomic E-state index is 3.95. The fourth-order valence-corrected chi connectivity index (χ4v) is 6.75. The first-order valence-electron chi connectivity index (χ1n) is 8.87. The van der Waals surface area contributed by atoms with Crippen LogP contribution in [-0.4, -0.2) is 30.1 Å². The smallest absolute Gasteiger partial charge is 0.0402 e. The van der Waals surface area contributed by atoms with Crippen molar-refractivity contribution in [1.29, 1.82) is 0 Å². The van der Waals surface area contributed by atoms with E-state index in [4.69, 9.17) is 0 Å². The van der Waals surface area contributed by atoms with Gasteiger partial charge >= 0.3 is 0 Å². The van der Waals surface area contributed by atoms with Crippen LogP contribution < -0.4 is 5.32 Å². The molecule has 1 N–H and O–H groups in total. The summed E-state index contributed by atoms with van der Waals surface area (Å²) in [5.41, 5.74) is 3.46. The van der Waals surface area contributed by atoms with E-state index in [1.54, 1.807) is 5.56 Å². The van der Waals surface area contributed by atoms with Crippen LogP contribution in [-0.2, 0) is 5.41 Å². The number of fused-ring (bicyclic) bond motifs is 2. The van der Waals surface area contributed by atoms with Crippen LogP contribution in [0.5, 0.6) is 0 Å². The first-order valence-corrected chi connectivity index (χ1v) is 8.87. The van der Waals surface area contributed by atoms with Gasteiger partial charge in [-0.25, -0.2) is 0 Å². The Balaban J connectivity index is 1.74. The van der Waals surface area contributed by atoms with Crippen molar-refractivity contribution in [3.63, 3.8) is 0 Å². The fourth-order valence-electron chi connectivity index (χ4n) is 6.75. The van der Waals surface area contributed by atoms with Crippen molar-refractivity contribution in [2.45, 2.75) is 50.6 Å². The van der Waals surface area contributed by atoms with Gasteiger partial charge < -0.3 is 5.32 Å². The molecule has 0 aromatic heterocycles. The van der Waals surface area contributed by atoms with Gasteiger partial charge in [-0.1, -0.05) is 38.5 Å². The molecule has 2 heteroatoms. The average molecular weight is 282 g/mol. The van der Waals surface area contributed by atoms with Crippen molar-refractivity contribution < 1.29 is 0 Å². The predicted molar refractivity (Wildman–Crippen MR) is 86.6 cm³/mol. The highest BCUT2D eigenvalue weighted by Gasteiger charge is 2.66. The summed E-state index contributed by atoms with van der Waals surface area (Å²) in [6.45, 7) is 7.61. The molecule has 1 aromatic carbocycles. The molecule has 1 aliphatic carbocycles. The lowest BCUT2D eigenvalue weighted by Gasteiger charge is -2.58. The van der Waals surface area contributed by atoms with E-state index in [-0.39, 0.29) is 0 Å². The Morgan fingerprint density at radius 3 is 3.00 bits per heavy atom. The topological polar surface area (TPSA) is 15.3 Å². The lowest BCUT2D eigenvalue weighted by atomic mass is 9.52. The van der Waals surface area contributed by atoms with Crippen LogP contribution in [0.3, 0.4) is 0 Å². The third-order valence-electron chi connectivity index (χ3n) is 7.41. The van der Waals surface area contributed by atoms with E-state index in [1.165, 1.54) is 38.0 Å². The first kappa shape index (κ1) is 12.5. The lowest BCUT2D eigenvalue weighted by Crippen LogP contribution is -2.65. The molecule has 2 saturated heterocycles. The number of anilines is 1. The summed E-state index contributed by atoms with van der Waals surface area (Å²) in [4.78, 5) is 2.84. The summed E-state index contributed by atoms with van der Waals surface area (Å²) in [7, 11) is 0. The summed E-state index contributed by atoms with van der Waals surface area (Å²) in [5, 5.41) is 3.95. The Kier molecular flexibility index (Phi) is 2.41. The van der Waals surface area contributed by atoms with E-state index in [1.807, 2.05) is 0 Å². The number of nitrogens with one attached hydrogen (secondary N) is 1. The molecule has 2 bridgehead atoms. The molecular weight excluding hydrogens is 256 g/mol. The van der Waals surface area contributed by atoms with Gasteiger partial charge in [0.15, 0.2) is 0 Å². The monoisotopic (exact) mass is 282 g/mol. The van der Waals surface area contributed by atoms with Crippen molar-refractivity contribution in [1.82, 2.24) is 4.90 Å². The van der Waals surface area contributed by atoms with Gasteiger partial charge in [-0.3, -0.25) is 4.90 Å². The number of benzene rings is 1. The highest BCUT2D eigenvalue weighted by Crippen LogP contribution is 2.62. The Morgan fingerprint density at radius 2 is 2.14 bits per heavy atom. The molecule has 0 amide bonds. The molecule has 5 rings (SSSR count). The molecule has 21 heavy (non-hydrogen) atoms. The van der Waals surface area contributed by atoms with Gasteiger partial charge in [-0.2, -0.15) is 0 Å². The van der Waals surface area contributed by atoms with Gasteiger partial charge in [-0.05, 0) is 55.3 Å². The highest BCUT2D eigenvalue weighted by molar-refractivity contribution is 5.64. The van der Waals surface area contributed by atoms with Crippen molar-refractivity contribution in [3.8, 4) is 0 Å². The zero-order valence-corrected chi connectivity index (χ0v) is 13.2. The molecule has 112 valence electrons. The summed E-state index contributed by atoms with van der Waals surface area (Å²) in [5.74, 6) is 2.63. The molecule has 3 fully saturated rings. The van der Waals surface area contributed by atoms with Crippen LogP contribution in [0.1, 0.15) is 38.7 Å². The van der Waals surface area contributed by atoms with Gasteiger partial charge in [-0.15, -0.1) is 0 Å². The fraction of sp³-hybridized carbons (Fsp3) is 0.684. The van der Waals surface area contributed by atoms with Gasteiger partial charge in [0.1, 0.15) is 0 Å². The quantitative estimate of drug-likeness (QED) is 0.848. The molecule has 6 atom stereocenters. The van der Waals surface area contributed by atoms with Crippen LogP contribution in [0.15, 0.2) is 24.3 Å². The number of hydrogen-bond donors (Lipinski definition) is 1. The predicted octanol–water partition coefficient (Wildman–Crippen LogP) is 3.49. The zero-order chi connectivity index (χ0) is 14.2. The summed E-state index contributed by atoms with van der Waals surface area (Å²) >= 11 is 0. The van der Waals surface area contributed by atoms with E-state index in [9.17, 15) is 0 Å². The Morgan fingerprint density at radius 1 is 1.29 bits per heavy atom. The van der Waals surface area contributed by atoms with Crippen LogP contribution >= 0.6 is 0 Å². The summed E-state index contributed by atoms with van der Waals surface area (Å²) in [6.07, 6.45) is 4.13. The maximum Gasteiger partial charge on any atom is 0.0402 e. The van der Waals surface area contributed by atoms with Crippen LogP contribution in [0.4, 0.5) is 5.69 Å². The van der Waals surface area contributed by atoms with Crippen LogP contribution in [0.2, 0.25) is 0 Å². The minimum Gasteiger partial charge on any atom is -0.381 e. The third-order valence-corrected chi connectivity index (χ3v) is 7.41. The Labute approximate surface area is 127 Å². The van der Waals surface area contributed by atoms with Crippen molar-refractivity contribution in [2.24, 2.45) is 17.8 Å². The van der Waals surface area contributed by atoms with Gasteiger partial charge in [0.05, 0.1) is 0 Å². The van der Waals surface area contributed by atoms with Crippen molar-refractivity contribution >= 4 is 5.69 Å². The average Bonchev–Trinajstić information content (AvgIpc) is 3.08. The molecule has 2 nitrogen and oxygen atoms in total. The molecule has 1 aromatic rings. The standard InChI is InChI=1S/C19H26N2/c1-3-13-14-8-10-21-11-9-19(18(13)21)15-6-4-5-7-16(15)20-17(19)12(14)2/h4-7,12-14,17-18,20H,3,8-11H2,1-2H3. The maximum atomic E-state index is 3.95. The minimum absolute atomic E-state index is 0.396. The van der Waals surface area contributed by atoms with E-state index in [0.717, 1.165) is 23.8 Å². The molecule has 3 heterocycles. The SMILES string of the molecule is CCC1C2CCN3CCC4(c5ccccc5NC4C2C)C13. The zero-order valence-electron chi connectivity index (χ0n) is 13.2. The molecule has 0 radical (unpaired) electrons. The molecule has 6 unspecified atom stereocenters. The normalized spacial score (nSPS) is 46.9. The largest absolute Gasteiger partial charge is 0.381 e. The van der Waals surface area contributed by atoms with E-state index < -0.39 is 0 Å². The summed E-state index contributed by atoms with van der Waals surface area (Å²) in [6, 6.07) is 10.6. The number of para-hydroxylation sites is 1. The molecular formula is C19H26N2. The van der Waals surface area contributed by atoms with Gasteiger partial charge in [0, 0.05) is 23.2 Å². The number of hydrogen-bond acceptors (Lipinski definition) is 2. The second kappa shape index (κ2) is 4.04. The Hall–Kier alpha value is -1.02. The number of piperidine rings is 1. The molecule has 3 aliphatic heterocycles. The second-order valence-corrected chi connectivity index (χ2v) is 7.82. The van der Waals surface area contributed by atoms with E-state index in [2.05, 4.69) is 48.3 Å². The van der Waals surface area contributed by atoms with Crippen LogP contribution in [0, 0.1) is 17.8 Å². The van der Waals surface area contributed by atoms with Crippen molar-refractivity contribution in [3.05, 3.63) is 29.8 Å². The minimum atomic E-state index is 0.396. The number of rotatable bonds is 1. The van der Waals surface area contributed by atoms with Crippen LogP contribution in [0.25, 0.3) is 0 Å². The Bertz CT molecular complexity index is 583. The number of nitrogens with zero attached hydrogens (tertiary/aromatic N) is 1. The van der Waals surface area contributed by atoms with Crippen molar-refractivity contribution in [2.75, 3.05) is 18.4 Å². The van der Waals surface area contributed by atoms with Gasteiger partial charge in [0.2, 0.25) is 0 Å². The summed E-state index contributed by atoms with van der Waals surface area (Å²) < 4.78 is 0. The molecule has 4 aliphatic rings. The highest BCUT2D eigenvalue weighted by atomic mass is 15.2. The van der Waals surface area contributed by atoms with Gasteiger partial charge in [0.25, 0.3) is 0 Å². The second-order valence-electron chi connectivity index (χ2n) is 7.82. The van der Waals surface area contributed by atoms with E-state index >= 15 is 0 Å². The molecule has 1 saturated carbocycles. The van der Waals surface area contributed by atoms with E-state index in [0.29, 0.717) is 11.5 Å². The first-order chi connectivity index (χ1) is 10.3. The lowest BCUT2D eigenvalue weighted by molar-refractivity contribution is -0.0322. The molecule has 1 spiro atoms. The third kappa shape index (κ3) is 1.30.